The molecule has 0 saturated heterocycles. The number of nitrogens with one attached hydrogen (secondary N) is 2. The SMILES string of the molecule is COCCOC(=O)c1c(C)[nH]c(C(=O)Nc2ccccc2S(=O)(=O)C(F)F)c1C. The van der Waals surface area contributed by atoms with E-state index >= 15 is 0 Å². The molecule has 1 aromatic heterocycles. The predicted octanol–water partition coefficient (Wildman–Crippen LogP) is 2.68. The van der Waals surface area contributed by atoms with Gasteiger partial charge >= 0.3 is 11.7 Å². The van der Waals surface area contributed by atoms with Gasteiger partial charge in [0.2, 0.25) is 9.84 Å². The van der Waals surface area contributed by atoms with Gasteiger partial charge in [-0.2, -0.15) is 8.78 Å². The first-order valence-electron chi connectivity index (χ1n) is 8.38. The summed E-state index contributed by atoms with van der Waals surface area (Å²) < 4.78 is 59.3. The number of para-hydroxylation sites is 1. The Morgan fingerprint density at radius 2 is 1.83 bits per heavy atom. The molecule has 0 aliphatic heterocycles. The van der Waals surface area contributed by atoms with Crippen LogP contribution < -0.4 is 5.32 Å². The molecule has 1 heterocycles. The van der Waals surface area contributed by atoms with Crippen LogP contribution in [0.3, 0.4) is 0 Å². The van der Waals surface area contributed by atoms with Crippen LogP contribution in [0, 0.1) is 13.8 Å². The number of benzene rings is 1. The van der Waals surface area contributed by atoms with E-state index in [1.165, 1.54) is 32.2 Å². The van der Waals surface area contributed by atoms with Gasteiger partial charge in [-0.05, 0) is 31.5 Å². The monoisotopic (exact) mass is 430 g/mol. The number of ether oxygens (including phenoxy) is 2. The molecule has 0 radical (unpaired) electrons. The average molecular weight is 430 g/mol. The summed E-state index contributed by atoms with van der Waals surface area (Å²) in [6.07, 6.45) is 0. The van der Waals surface area contributed by atoms with Crippen molar-refractivity contribution in [3.63, 3.8) is 0 Å². The van der Waals surface area contributed by atoms with Crippen LogP contribution in [0.5, 0.6) is 0 Å². The van der Waals surface area contributed by atoms with Gasteiger partial charge in [-0.25, -0.2) is 13.2 Å². The van der Waals surface area contributed by atoms with E-state index in [-0.39, 0.29) is 35.7 Å². The van der Waals surface area contributed by atoms with Crippen molar-refractivity contribution in [2.75, 3.05) is 25.6 Å². The van der Waals surface area contributed by atoms with Crippen molar-refractivity contribution < 1.29 is 36.3 Å². The Labute approximate surface area is 166 Å². The maximum Gasteiger partial charge on any atom is 0.341 e. The van der Waals surface area contributed by atoms with E-state index in [0.717, 1.165) is 6.07 Å². The Kier molecular flexibility index (Phi) is 7.09. The minimum atomic E-state index is -4.92. The number of methoxy groups -OCH3 is 1. The van der Waals surface area contributed by atoms with Crippen LogP contribution >= 0.6 is 0 Å². The lowest BCUT2D eigenvalue weighted by molar-refractivity contribution is 0.0386. The number of hydrogen-bond donors (Lipinski definition) is 2. The second-order valence-electron chi connectivity index (χ2n) is 6.01. The van der Waals surface area contributed by atoms with Gasteiger partial charge in [0, 0.05) is 12.8 Å². The van der Waals surface area contributed by atoms with Gasteiger partial charge in [-0.1, -0.05) is 12.1 Å². The third-order valence-corrected chi connectivity index (χ3v) is 5.50. The Balaban J connectivity index is 2.32. The summed E-state index contributed by atoms with van der Waals surface area (Å²) in [5.74, 6) is -5.09. The minimum absolute atomic E-state index is 0.0227. The Morgan fingerprint density at radius 3 is 2.45 bits per heavy atom. The molecule has 0 aliphatic rings. The highest BCUT2D eigenvalue weighted by Gasteiger charge is 2.30. The summed E-state index contributed by atoms with van der Waals surface area (Å²) in [4.78, 5) is 26.9. The van der Waals surface area contributed by atoms with E-state index in [9.17, 15) is 26.8 Å². The number of carbonyl (C=O) groups excluding carboxylic acids is 2. The molecule has 2 aromatic rings. The fraction of sp³-hybridized carbons (Fsp3) is 0.333. The van der Waals surface area contributed by atoms with Gasteiger partial charge in [0.05, 0.1) is 22.8 Å². The highest BCUT2D eigenvalue weighted by atomic mass is 32.2. The zero-order valence-corrected chi connectivity index (χ0v) is 16.7. The quantitative estimate of drug-likeness (QED) is 0.492. The number of aromatic amines is 1. The lowest BCUT2D eigenvalue weighted by Crippen LogP contribution is -2.19. The first-order chi connectivity index (χ1) is 13.6. The summed E-state index contributed by atoms with van der Waals surface area (Å²) >= 11 is 0. The number of sulfone groups is 1. The number of hydrogen-bond acceptors (Lipinski definition) is 6. The van der Waals surface area contributed by atoms with Crippen LogP contribution in [0.2, 0.25) is 0 Å². The highest BCUT2D eigenvalue weighted by molar-refractivity contribution is 7.91. The molecule has 0 saturated carbocycles. The first-order valence-corrected chi connectivity index (χ1v) is 9.93. The van der Waals surface area contributed by atoms with E-state index in [2.05, 4.69) is 10.3 Å². The third-order valence-electron chi connectivity index (χ3n) is 4.07. The number of alkyl halides is 2. The smallest absolute Gasteiger partial charge is 0.341 e. The highest BCUT2D eigenvalue weighted by Crippen LogP contribution is 2.27. The summed E-state index contributed by atoms with van der Waals surface area (Å²) in [6.45, 7) is 3.30. The van der Waals surface area contributed by atoms with Gasteiger partial charge in [-0.3, -0.25) is 4.79 Å². The molecule has 0 bridgehead atoms. The third kappa shape index (κ3) is 4.80. The molecule has 29 heavy (non-hydrogen) atoms. The lowest BCUT2D eigenvalue weighted by atomic mass is 10.1. The molecule has 0 aliphatic carbocycles. The molecule has 0 atom stereocenters. The average Bonchev–Trinajstić information content (AvgIpc) is 2.96. The molecular weight excluding hydrogens is 410 g/mol. The number of rotatable bonds is 8. The van der Waals surface area contributed by atoms with Crippen LogP contribution in [0.15, 0.2) is 29.2 Å². The molecule has 0 fully saturated rings. The molecule has 1 amide bonds. The van der Waals surface area contributed by atoms with Crippen molar-refractivity contribution in [3.05, 3.63) is 46.8 Å². The fourth-order valence-electron chi connectivity index (χ4n) is 2.67. The molecule has 0 spiro atoms. The normalized spacial score (nSPS) is 11.5. The van der Waals surface area contributed by atoms with E-state index in [4.69, 9.17) is 9.47 Å². The number of halogens is 2. The lowest BCUT2D eigenvalue weighted by Gasteiger charge is -2.11. The van der Waals surface area contributed by atoms with Crippen molar-refractivity contribution in [1.29, 1.82) is 0 Å². The predicted molar refractivity (Wildman–Crippen MR) is 100 cm³/mol. The number of esters is 1. The van der Waals surface area contributed by atoms with Gasteiger partial charge < -0.3 is 19.8 Å². The first kappa shape index (κ1) is 22.5. The zero-order valence-electron chi connectivity index (χ0n) is 15.9. The van der Waals surface area contributed by atoms with Crippen LogP contribution in [-0.2, 0) is 19.3 Å². The van der Waals surface area contributed by atoms with Gasteiger partial charge in [0.15, 0.2) is 0 Å². The molecule has 0 unspecified atom stereocenters. The standard InChI is InChI=1S/C18H20F2N2O6S/c1-10-14(17(24)28-9-8-27-3)11(2)21-15(10)16(23)22-12-6-4-5-7-13(12)29(25,26)18(19)20/h4-7,18,21H,8-9H2,1-3H3,(H,22,23). The van der Waals surface area contributed by atoms with Crippen molar-refractivity contribution in [1.82, 2.24) is 4.98 Å². The van der Waals surface area contributed by atoms with E-state index in [0.29, 0.717) is 5.69 Å². The molecule has 8 nitrogen and oxygen atoms in total. The Hall–Kier alpha value is -2.79. The van der Waals surface area contributed by atoms with Gasteiger partial charge in [0.25, 0.3) is 5.91 Å². The number of anilines is 1. The van der Waals surface area contributed by atoms with Crippen molar-refractivity contribution in [2.24, 2.45) is 0 Å². The van der Waals surface area contributed by atoms with Crippen LogP contribution in [0.25, 0.3) is 0 Å². The number of H-pyrrole nitrogens is 1. The number of aromatic nitrogens is 1. The summed E-state index contributed by atoms with van der Waals surface area (Å²) in [7, 11) is -3.47. The molecule has 11 heteroatoms. The minimum Gasteiger partial charge on any atom is -0.460 e. The summed E-state index contributed by atoms with van der Waals surface area (Å²) in [5.41, 5.74) is 0.471. The molecule has 158 valence electrons. The van der Waals surface area contributed by atoms with Crippen molar-refractivity contribution >= 4 is 27.4 Å². The Morgan fingerprint density at radius 1 is 1.17 bits per heavy atom. The topological polar surface area (TPSA) is 115 Å². The maximum atomic E-state index is 12.9. The van der Waals surface area contributed by atoms with E-state index in [1.807, 2.05) is 0 Å². The zero-order chi connectivity index (χ0) is 21.8. The number of aryl methyl sites for hydroxylation is 1. The molecule has 2 rings (SSSR count). The van der Waals surface area contributed by atoms with E-state index in [1.54, 1.807) is 6.92 Å². The number of carbonyl (C=O) groups is 2. The van der Waals surface area contributed by atoms with Gasteiger partial charge in [-0.15, -0.1) is 0 Å². The largest absolute Gasteiger partial charge is 0.460 e. The second kappa shape index (κ2) is 9.14. The summed E-state index contributed by atoms with van der Waals surface area (Å²) in [6, 6.07) is 4.83. The fourth-order valence-corrected chi connectivity index (χ4v) is 3.56. The van der Waals surface area contributed by atoms with Crippen LogP contribution in [0.4, 0.5) is 14.5 Å². The molecule has 1 aromatic carbocycles. The van der Waals surface area contributed by atoms with Crippen molar-refractivity contribution in [2.45, 2.75) is 24.5 Å². The van der Waals surface area contributed by atoms with Gasteiger partial charge in [0.1, 0.15) is 12.3 Å². The maximum absolute atomic E-state index is 12.9. The van der Waals surface area contributed by atoms with Crippen molar-refractivity contribution in [3.8, 4) is 0 Å². The molecular formula is C18H20F2N2O6S. The second-order valence-corrected chi connectivity index (χ2v) is 7.90. The van der Waals surface area contributed by atoms with E-state index < -0.39 is 32.4 Å². The molecule has 2 N–H and O–H groups in total. The van der Waals surface area contributed by atoms with Crippen LogP contribution in [-0.4, -0.2) is 51.4 Å². The van der Waals surface area contributed by atoms with Crippen LogP contribution in [0.1, 0.15) is 32.1 Å². The number of amides is 1. The Bertz CT molecular complexity index is 1020. The summed E-state index contributed by atoms with van der Waals surface area (Å²) in [5, 5.41) is 2.31.